The molecule has 0 saturated heterocycles. The van der Waals surface area contributed by atoms with Crippen LogP contribution in [0.2, 0.25) is 0 Å². The lowest BCUT2D eigenvalue weighted by molar-refractivity contribution is 0.0912. The summed E-state index contributed by atoms with van der Waals surface area (Å²) in [6.07, 6.45) is 0. The zero-order valence-electron chi connectivity index (χ0n) is 10.9. The van der Waals surface area contributed by atoms with E-state index in [9.17, 15) is 9.18 Å². The van der Waals surface area contributed by atoms with Gasteiger partial charge in [-0.05, 0) is 37.1 Å². The highest BCUT2D eigenvalue weighted by molar-refractivity contribution is 5.98. The third kappa shape index (κ3) is 2.93. The fraction of sp³-hybridized carbons (Fsp3) is 0.357. The Bertz CT molecular complexity index is 594. The molecule has 0 saturated carbocycles. The van der Waals surface area contributed by atoms with Gasteiger partial charge in [0.1, 0.15) is 11.5 Å². The van der Waals surface area contributed by atoms with Crippen LogP contribution in [0.4, 0.5) is 4.39 Å². The molecule has 19 heavy (non-hydrogen) atoms. The number of carbonyl (C=O) groups excluding carboxylic acids is 1. The van der Waals surface area contributed by atoms with E-state index >= 15 is 0 Å². The molecule has 0 spiro atoms. The number of fused-ring (bicyclic) bond motifs is 1. The number of H-pyrrole nitrogens is 1. The fourth-order valence-corrected chi connectivity index (χ4v) is 1.81. The van der Waals surface area contributed by atoms with Crippen LogP contribution in [0.3, 0.4) is 0 Å². The molecule has 2 aromatic rings. The van der Waals surface area contributed by atoms with Gasteiger partial charge in [0.25, 0.3) is 5.91 Å². The number of carbonyl (C=O) groups is 1. The highest BCUT2D eigenvalue weighted by Gasteiger charge is 2.16. The second-order valence-corrected chi connectivity index (χ2v) is 4.84. The summed E-state index contributed by atoms with van der Waals surface area (Å²) in [4.78, 5) is 15.0. The first kappa shape index (κ1) is 13.5. The Labute approximate surface area is 110 Å². The van der Waals surface area contributed by atoms with Crippen LogP contribution in [-0.4, -0.2) is 28.6 Å². The predicted molar refractivity (Wildman–Crippen MR) is 71.4 cm³/mol. The average molecular weight is 264 g/mol. The normalized spacial score (nSPS) is 14.3. The second-order valence-electron chi connectivity index (χ2n) is 4.84. The first-order valence-electron chi connectivity index (χ1n) is 6.21. The van der Waals surface area contributed by atoms with Crippen LogP contribution in [0.25, 0.3) is 10.9 Å². The number of aliphatic hydroxyl groups is 1. The van der Waals surface area contributed by atoms with E-state index in [4.69, 9.17) is 5.11 Å². The van der Waals surface area contributed by atoms with Gasteiger partial charge in [-0.1, -0.05) is 6.92 Å². The number of nitrogens with one attached hydrogen (secondary N) is 2. The van der Waals surface area contributed by atoms with Crippen molar-refractivity contribution in [1.29, 1.82) is 0 Å². The van der Waals surface area contributed by atoms with Crippen LogP contribution in [0.5, 0.6) is 0 Å². The monoisotopic (exact) mass is 264 g/mol. The van der Waals surface area contributed by atoms with Crippen LogP contribution in [0.15, 0.2) is 24.3 Å². The Balaban J connectivity index is 2.17. The molecule has 0 bridgehead atoms. The maximum atomic E-state index is 13.1. The third-order valence-electron chi connectivity index (χ3n) is 3.33. The Morgan fingerprint density at radius 3 is 2.84 bits per heavy atom. The number of benzene rings is 1. The molecule has 0 fully saturated rings. The minimum Gasteiger partial charge on any atom is -0.396 e. The number of aromatic amines is 1. The summed E-state index contributed by atoms with van der Waals surface area (Å²) in [6, 6.07) is 5.80. The zero-order chi connectivity index (χ0) is 14.0. The molecule has 0 aliphatic rings. The Morgan fingerprint density at radius 2 is 2.16 bits per heavy atom. The molecule has 2 rings (SSSR count). The Hall–Kier alpha value is -1.88. The number of aromatic nitrogens is 1. The lowest BCUT2D eigenvalue weighted by Crippen LogP contribution is -2.38. The molecule has 3 N–H and O–H groups in total. The van der Waals surface area contributed by atoms with E-state index in [1.54, 1.807) is 12.1 Å². The number of halogens is 1. The van der Waals surface area contributed by atoms with E-state index in [1.165, 1.54) is 12.1 Å². The molecule has 0 aliphatic carbocycles. The van der Waals surface area contributed by atoms with Gasteiger partial charge in [0.2, 0.25) is 0 Å². The minimum absolute atomic E-state index is 0.0133. The van der Waals surface area contributed by atoms with Gasteiger partial charge >= 0.3 is 0 Å². The van der Waals surface area contributed by atoms with Crippen molar-refractivity contribution in [3.8, 4) is 0 Å². The van der Waals surface area contributed by atoms with Crippen molar-refractivity contribution in [1.82, 2.24) is 10.3 Å². The summed E-state index contributed by atoms with van der Waals surface area (Å²) in [7, 11) is 0. The molecule has 5 heteroatoms. The van der Waals surface area contributed by atoms with E-state index < -0.39 is 0 Å². The van der Waals surface area contributed by atoms with Gasteiger partial charge in [-0.3, -0.25) is 4.79 Å². The van der Waals surface area contributed by atoms with Crippen molar-refractivity contribution in [3.63, 3.8) is 0 Å². The minimum atomic E-state index is -0.333. The Morgan fingerprint density at radius 1 is 1.42 bits per heavy atom. The molecule has 2 unspecified atom stereocenters. The summed E-state index contributed by atoms with van der Waals surface area (Å²) < 4.78 is 13.1. The van der Waals surface area contributed by atoms with Crippen LogP contribution < -0.4 is 5.32 Å². The van der Waals surface area contributed by atoms with Crippen LogP contribution >= 0.6 is 0 Å². The van der Waals surface area contributed by atoms with E-state index in [2.05, 4.69) is 10.3 Å². The van der Waals surface area contributed by atoms with Crippen molar-refractivity contribution < 1.29 is 14.3 Å². The summed E-state index contributed by atoms with van der Waals surface area (Å²) in [6.45, 7) is 3.70. The summed E-state index contributed by atoms with van der Waals surface area (Å²) >= 11 is 0. The predicted octanol–water partition coefficient (Wildman–Crippen LogP) is 2.05. The number of rotatable bonds is 4. The summed E-state index contributed by atoms with van der Waals surface area (Å²) in [5, 5.41) is 12.5. The highest BCUT2D eigenvalue weighted by atomic mass is 19.1. The van der Waals surface area contributed by atoms with E-state index in [0.717, 1.165) is 5.52 Å². The van der Waals surface area contributed by atoms with Crippen molar-refractivity contribution in [2.75, 3.05) is 6.61 Å². The van der Waals surface area contributed by atoms with E-state index in [-0.39, 0.29) is 30.3 Å². The largest absolute Gasteiger partial charge is 0.396 e. The third-order valence-corrected chi connectivity index (χ3v) is 3.33. The average Bonchev–Trinajstić information content (AvgIpc) is 2.80. The highest BCUT2D eigenvalue weighted by Crippen LogP contribution is 2.16. The molecular weight excluding hydrogens is 247 g/mol. The topological polar surface area (TPSA) is 65.1 Å². The van der Waals surface area contributed by atoms with E-state index in [0.29, 0.717) is 11.1 Å². The summed E-state index contributed by atoms with van der Waals surface area (Å²) in [5.74, 6) is -0.615. The SMILES string of the molecule is CC(CO)C(C)NC(=O)c1cc2cc(F)ccc2[nH]1. The van der Waals surface area contributed by atoms with Gasteiger partial charge in [0.05, 0.1) is 0 Å². The molecule has 1 heterocycles. The number of aliphatic hydroxyl groups excluding tert-OH is 1. The molecule has 1 amide bonds. The van der Waals surface area contributed by atoms with Crippen molar-refractivity contribution >= 4 is 16.8 Å². The van der Waals surface area contributed by atoms with Crippen molar-refractivity contribution in [3.05, 3.63) is 35.8 Å². The van der Waals surface area contributed by atoms with E-state index in [1.807, 2.05) is 13.8 Å². The van der Waals surface area contributed by atoms with Crippen LogP contribution in [0.1, 0.15) is 24.3 Å². The molecule has 102 valence electrons. The molecule has 0 radical (unpaired) electrons. The maximum absolute atomic E-state index is 13.1. The fourth-order valence-electron chi connectivity index (χ4n) is 1.81. The number of hydrogen-bond acceptors (Lipinski definition) is 2. The molecule has 1 aromatic heterocycles. The van der Waals surface area contributed by atoms with Gasteiger partial charge in [0.15, 0.2) is 0 Å². The van der Waals surface area contributed by atoms with Gasteiger partial charge in [0, 0.05) is 23.6 Å². The van der Waals surface area contributed by atoms with Crippen molar-refractivity contribution in [2.45, 2.75) is 19.9 Å². The second kappa shape index (κ2) is 5.40. The standard InChI is InChI=1S/C14H17FN2O2/c1-8(7-18)9(2)16-14(19)13-6-10-5-11(15)3-4-12(10)17-13/h3-6,8-9,17-18H,7H2,1-2H3,(H,16,19). The molecular formula is C14H17FN2O2. The lowest BCUT2D eigenvalue weighted by atomic mass is 10.1. The molecule has 4 nitrogen and oxygen atoms in total. The van der Waals surface area contributed by atoms with Crippen LogP contribution in [-0.2, 0) is 0 Å². The quantitative estimate of drug-likeness (QED) is 0.791. The van der Waals surface area contributed by atoms with Gasteiger partial charge in [-0.15, -0.1) is 0 Å². The molecule has 2 atom stereocenters. The Kier molecular flexibility index (Phi) is 3.85. The number of hydrogen-bond donors (Lipinski definition) is 3. The van der Waals surface area contributed by atoms with Gasteiger partial charge < -0.3 is 15.4 Å². The lowest BCUT2D eigenvalue weighted by Gasteiger charge is -2.18. The first-order valence-corrected chi connectivity index (χ1v) is 6.21. The summed E-state index contributed by atoms with van der Waals surface area (Å²) in [5.41, 5.74) is 1.10. The van der Waals surface area contributed by atoms with Gasteiger partial charge in [-0.25, -0.2) is 4.39 Å². The zero-order valence-corrected chi connectivity index (χ0v) is 10.9. The van der Waals surface area contributed by atoms with Crippen LogP contribution in [0, 0.1) is 11.7 Å². The molecule has 1 aromatic carbocycles. The van der Waals surface area contributed by atoms with Crippen molar-refractivity contribution in [2.24, 2.45) is 5.92 Å². The van der Waals surface area contributed by atoms with Gasteiger partial charge in [-0.2, -0.15) is 0 Å². The number of amides is 1. The first-order chi connectivity index (χ1) is 9.01. The molecule has 0 aliphatic heterocycles. The smallest absolute Gasteiger partial charge is 0.267 e. The maximum Gasteiger partial charge on any atom is 0.267 e.